The minimum absolute atomic E-state index is 0.620. The number of nitrogens with zero attached hydrogens (tertiary/aromatic N) is 3. The van der Waals surface area contributed by atoms with Gasteiger partial charge in [0.2, 0.25) is 5.88 Å². The number of anilines is 1. The van der Waals surface area contributed by atoms with Gasteiger partial charge >= 0.3 is 0 Å². The first-order valence-electron chi connectivity index (χ1n) is 6.43. The predicted molar refractivity (Wildman–Crippen MR) is 75.8 cm³/mol. The van der Waals surface area contributed by atoms with Crippen LogP contribution in [0.3, 0.4) is 0 Å². The number of aryl methyl sites for hydroxylation is 1. The highest BCUT2D eigenvalue weighted by molar-refractivity contribution is 6.17. The molecule has 0 aliphatic carbocycles. The molecular weight excluding hydrogens is 250 g/mol. The van der Waals surface area contributed by atoms with Crippen molar-refractivity contribution >= 4 is 17.4 Å². The molecule has 18 heavy (non-hydrogen) atoms. The molecule has 1 heterocycles. The summed E-state index contributed by atoms with van der Waals surface area (Å²) in [4.78, 5) is 10.8. The van der Waals surface area contributed by atoms with Crippen LogP contribution in [0.4, 0.5) is 5.82 Å². The van der Waals surface area contributed by atoms with Crippen molar-refractivity contribution in [2.45, 2.75) is 33.1 Å². The van der Waals surface area contributed by atoms with Gasteiger partial charge in [-0.15, -0.1) is 11.6 Å². The molecule has 102 valence electrons. The molecule has 0 aliphatic rings. The first-order chi connectivity index (χ1) is 8.67. The Morgan fingerprint density at radius 1 is 1.28 bits per heavy atom. The SMILES string of the molecule is CCOc1cc(N(C)CCCCCCl)nc(C)n1. The molecule has 0 aliphatic heterocycles. The van der Waals surface area contributed by atoms with Crippen LogP contribution >= 0.6 is 11.6 Å². The Hall–Kier alpha value is -1.03. The van der Waals surface area contributed by atoms with Crippen LogP contribution in [-0.2, 0) is 0 Å². The van der Waals surface area contributed by atoms with Crippen LogP contribution in [-0.4, -0.2) is 36.0 Å². The number of halogens is 1. The van der Waals surface area contributed by atoms with Gasteiger partial charge in [0, 0.05) is 25.5 Å². The second-order valence-electron chi connectivity index (χ2n) is 4.22. The van der Waals surface area contributed by atoms with Crippen molar-refractivity contribution in [2.24, 2.45) is 0 Å². The third-order valence-corrected chi connectivity index (χ3v) is 2.88. The average molecular weight is 272 g/mol. The lowest BCUT2D eigenvalue weighted by atomic mass is 10.2. The minimum atomic E-state index is 0.620. The number of hydrogen-bond donors (Lipinski definition) is 0. The van der Waals surface area contributed by atoms with E-state index in [4.69, 9.17) is 16.3 Å². The van der Waals surface area contributed by atoms with Crippen LogP contribution in [0.5, 0.6) is 5.88 Å². The van der Waals surface area contributed by atoms with E-state index < -0.39 is 0 Å². The van der Waals surface area contributed by atoms with Gasteiger partial charge in [0.05, 0.1) is 6.61 Å². The maximum Gasteiger partial charge on any atom is 0.218 e. The molecule has 0 atom stereocenters. The van der Waals surface area contributed by atoms with Crippen molar-refractivity contribution in [2.75, 3.05) is 31.0 Å². The van der Waals surface area contributed by atoms with E-state index in [9.17, 15) is 0 Å². The average Bonchev–Trinajstić information content (AvgIpc) is 2.34. The molecule has 1 aromatic rings. The highest BCUT2D eigenvalue weighted by Crippen LogP contribution is 2.17. The van der Waals surface area contributed by atoms with Crippen LogP contribution < -0.4 is 9.64 Å². The lowest BCUT2D eigenvalue weighted by Crippen LogP contribution is -2.20. The first-order valence-corrected chi connectivity index (χ1v) is 6.96. The zero-order chi connectivity index (χ0) is 13.4. The van der Waals surface area contributed by atoms with E-state index in [1.807, 2.05) is 27.0 Å². The normalized spacial score (nSPS) is 10.4. The molecule has 1 aromatic heterocycles. The summed E-state index contributed by atoms with van der Waals surface area (Å²) in [6.07, 6.45) is 3.34. The van der Waals surface area contributed by atoms with E-state index in [0.29, 0.717) is 12.5 Å². The molecule has 0 amide bonds. The molecule has 1 rings (SSSR count). The Balaban J connectivity index is 2.58. The molecule has 0 saturated carbocycles. The topological polar surface area (TPSA) is 38.2 Å². The van der Waals surface area contributed by atoms with E-state index in [1.165, 1.54) is 0 Å². The Labute approximate surface area is 114 Å². The van der Waals surface area contributed by atoms with Crippen LogP contribution in [0, 0.1) is 6.92 Å². The first kappa shape index (κ1) is 15.0. The fourth-order valence-corrected chi connectivity index (χ4v) is 1.87. The maximum atomic E-state index is 5.66. The Morgan fingerprint density at radius 3 is 2.72 bits per heavy atom. The zero-order valence-corrected chi connectivity index (χ0v) is 12.2. The largest absolute Gasteiger partial charge is 0.478 e. The third-order valence-electron chi connectivity index (χ3n) is 2.61. The minimum Gasteiger partial charge on any atom is -0.478 e. The Kier molecular flexibility index (Phi) is 6.80. The van der Waals surface area contributed by atoms with Gasteiger partial charge in [0.1, 0.15) is 11.6 Å². The van der Waals surface area contributed by atoms with E-state index in [2.05, 4.69) is 14.9 Å². The summed E-state index contributed by atoms with van der Waals surface area (Å²) >= 11 is 5.66. The number of rotatable bonds is 8. The van der Waals surface area contributed by atoms with E-state index in [0.717, 1.165) is 43.3 Å². The predicted octanol–water partition coefficient (Wildman–Crippen LogP) is 3.03. The maximum absolute atomic E-state index is 5.66. The molecule has 0 radical (unpaired) electrons. The number of hydrogen-bond acceptors (Lipinski definition) is 4. The van der Waals surface area contributed by atoms with Crippen LogP contribution in [0.2, 0.25) is 0 Å². The van der Waals surface area contributed by atoms with Gasteiger partial charge < -0.3 is 9.64 Å². The molecule has 0 fully saturated rings. The molecule has 0 unspecified atom stereocenters. The quantitative estimate of drug-likeness (QED) is 0.538. The summed E-state index contributed by atoms with van der Waals surface area (Å²) in [5.74, 6) is 3.04. The summed E-state index contributed by atoms with van der Waals surface area (Å²) in [5.41, 5.74) is 0. The fraction of sp³-hybridized carbons (Fsp3) is 0.692. The van der Waals surface area contributed by atoms with Crippen molar-refractivity contribution in [1.29, 1.82) is 0 Å². The molecule has 0 spiro atoms. The van der Waals surface area contributed by atoms with Crippen molar-refractivity contribution in [3.8, 4) is 5.88 Å². The van der Waals surface area contributed by atoms with E-state index in [1.54, 1.807) is 0 Å². The summed E-state index contributed by atoms with van der Waals surface area (Å²) in [5, 5.41) is 0. The zero-order valence-electron chi connectivity index (χ0n) is 11.4. The Bertz CT molecular complexity index is 360. The molecule has 0 N–H and O–H groups in total. The van der Waals surface area contributed by atoms with Gasteiger partial charge in [-0.25, -0.2) is 4.98 Å². The van der Waals surface area contributed by atoms with Gasteiger partial charge in [-0.2, -0.15) is 4.98 Å². The summed E-state index contributed by atoms with van der Waals surface area (Å²) in [6.45, 7) is 5.43. The van der Waals surface area contributed by atoms with Crippen molar-refractivity contribution < 1.29 is 4.74 Å². The molecule has 5 heteroatoms. The lowest BCUT2D eigenvalue weighted by molar-refractivity contribution is 0.325. The number of ether oxygens (including phenoxy) is 1. The van der Waals surface area contributed by atoms with E-state index in [-0.39, 0.29) is 0 Å². The molecule has 0 bridgehead atoms. The fourth-order valence-electron chi connectivity index (χ4n) is 1.68. The number of aromatic nitrogens is 2. The second-order valence-corrected chi connectivity index (χ2v) is 4.59. The molecular formula is C13H22ClN3O. The monoisotopic (exact) mass is 271 g/mol. The number of alkyl halides is 1. The van der Waals surface area contributed by atoms with Crippen LogP contribution in [0.1, 0.15) is 32.0 Å². The molecule has 4 nitrogen and oxygen atoms in total. The van der Waals surface area contributed by atoms with Crippen molar-refractivity contribution in [3.63, 3.8) is 0 Å². The number of unbranched alkanes of at least 4 members (excludes halogenated alkanes) is 2. The second kappa shape index (κ2) is 8.14. The van der Waals surface area contributed by atoms with Crippen LogP contribution in [0.25, 0.3) is 0 Å². The summed E-state index contributed by atoms with van der Waals surface area (Å²) in [6, 6.07) is 1.89. The lowest BCUT2D eigenvalue weighted by Gasteiger charge is -2.18. The standard InChI is InChI=1S/C13H22ClN3O/c1-4-18-13-10-12(15-11(2)16-13)17(3)9-7-5-6-8-14/h10H,4-9H2,1-3H3. The molecule has 0 saturated heterocycles. The third kappa shape index (κ3) is 5.08. The van der Waals surface area contributed by atoms with Crippen LogP contribution in [0.15, 0.2) is 6.07 Å². The summed E-state index contributed by atoms with van der Waals surface area (Å²) in [7, 11) is 2.04. The highest BCUT2D eigenvalue weighted by Gasteiger charge is 2.06. The summed E-state index contributed by atoms with van der Waals surface area (Å²) < 4.78 is 5.43. The van der Waals surface area contributed by atoms with Gasteiger partial charge in [0.25, 0.3) is 0 Å². The van der Waals surface area contributed by atoms with Gasteiger partial charge in [-0.05, 0) is 26.7 Å². The Morgan fingerprint density at radius 2 is 2.06 bits per heavy atom. The van der Waals surface area contributed by atoms with Gasteiger partial charge in [-0.3, -0.25) is 0 Å². The smallest absolute Gasteiger partial charge is 0.218 e. The van der Waals surface area contributed by atoms with E-state index >= 15 is 0 Å². The highest BCUT2D eigenvalue weighted by atomic mass is 35.5. The van der Waals surface area contributed by atoms with Crippen molar-refractivity contribution in [1.82, 2.24) is 9.97 Å². The van der Waals surface area contributed by atoms with Gasteiger partial charge in [0.15, 0.2) is 0 Å². The van der Waals surface area contributed by atoms with Gasteiger partial charge in [-0.1, -0.05) is 6.42 Å². The molecule has 0 aromatic carbocycles. The van der Waals surface area contributed by atoms with Crippen molar-refractivity contribution in [3.05, 3.63) is 11.9 Å².